The SMILES string of the molecule is Nc1n[nH]c(CCNC(=O)CC(c2ccccc2)c2ccccc2F)n1. The number of carbonyl (C=O) groups excluding carboxylic acids is 1. The summed E-state index contributed by atoms with van der Waals surface area (Å²) < 4.78 is 14.3. The highest BCUT2D eigenvalue weighted by Crippen LogP contribution is 2.29. The zero-order valence-corrected chi connectivity index (χ0v) is 14.2. The van der Waals surface area contributed by atoms with Gasteiger partial charge in [-0.3, -0.25) is 9.89 Å². The molecule has 0 radical (unpaired) electrons. The number of halogens is 1. The molecule has 1 heterocycles. The number of carbonyl (C=O) groups is 1. The molecule has 3 aromatic rings. The molecule has 0 fully saturated rings. The highest BCUT2D eigenvalue weighted by molar-refractivity contribution is 5.77. The fourth-order valence-corrected chi connectivity index (χ4v) is 2.85. The third-order valence-corrected chi connectivity index (χ3v) is 4.11. The lowest BCUT2D eigenvalue weighted by Gasteiger charge is -2.18. The quantitative estimate of drug-likeness (QED) is 0.608. The molecule has 0 saturated carbocycles. The molecular formula is C19H20FN5O. The molecule has 1 aromatic heterocycles. The molecule has 26 heavy (non-hydrogen) atoms. The maximum absolute atomic E-state index is 14.3. The summed E-state index contributed by atoms with van der Waals surface area (Å²) in [6.45, 7) is 0.395. The molecule has 0 aliphatic rings. The number of rotatable bonds is 7. The first-order chi connectivity index (χ1) is 12.6. The van der Waals surface area contributed by atoms with Gasteiger partial charge in [0.1, 0.15) is 11.6 Å². The van der Waals surface area contributed by atoms with Gasteiger partial charge in [-0.1, -0.05) is 48.5 Å². The second-order valence-electron chi connectivity index (χ2n) is 5.93. The van der Waals surface area contributed by atoms with Crippen LogP contribution in [0.1, 0.15) is 29.3 Å². The van der Waals surface area contributed by atoms with Crippen LogP contribution in [0.5, 0.6) is 0 Å². The van der Waals surface area contributed by atoms with Crippen LogP contribution in [-0.2, 0) is 11.2 Å². The molecule has 4 N–H and O–H groups in total. The van der Waals surface area contributed by atoms with Gasteiger partial charge in [-0.05, 0) is 17.2 Å². The van der Waals surface area contributed by atoms with Gasteiger partial charge < -0.3 is 11.1 Å². The number of benzene rings is 2. The van der Waals surface area contributed by atoms with E-state index in [1.54, 1.807) is 18.2 Å². The van der Waals surface area contributed by atoms with E-state index in [2.05, 4.69) is 20.5 Å². The fraction of sp³-hybridized carbons (Fsp3) is 0.211. The summed E-state index contributed by atoms with van der Waals surface area (Å²) >= 11 is 0. The number of anilines is 1. The van der Waals surface area contributed by atoms with E-state index in [1.165, 1.54) is 6.07 Å². The number of amides is 1. The second-order valence-corrected chi connectivity index (χ2v) is 5.93. The zero-order valence-electron chi connectivity index (χ0n) is 14.2. The molecule has 1 atom stereocenters. The van der Waals surface area contributed by atoms with E-state index in [-0.39, 0.29) is 30.0 Å². The molecule has 6 nitrogen and oxygen atoms in total. The van der Waals surface area contributed by atoms with Crippen molar-refractivity contribution in [3.05, 3.63) is 77.4 Å². The van der Waals surface area contributed by atoms with Crippen LogP contribution in [0.2, 0.25) is 0 Å². The molecule has 0 bridgehead atoms. The maximum Gasteiger partial charge on any atom is 0.239 e. The minimum atomic E-state index is -0.349. The van der Waals surface area contributed by atoms with Gasteiger partial charge in [-0.2, -0.15) is 4.98 Å². The van der Waals surface area contributed by atoms with Gasteiger partial charge in [0, 0.05) is 25.3 Å². The Bertz CT molecular complexity index is 865. The number of nitrogen functional groups attached to an aromatic ring is 1. The Morgan fingerprint density at radius 1 is 1.15 bits per heavy atom. The Hall–Kier alpha value is -3.22. The number of aromatic nitrogens is 3. The third-order valence-electron chi connectivity index (χ3n) is 4.11. The summed E-state index contributed by atoms with van der Waals surface area (Å²) in [5.74, 6) is -0.0364. The van der Waals surface area contributed by atoms with Gasteiger partial charge in [-0.15, -0.1) is 5.10 Å². The van der Waals surface area contributed by atoms with Crippen LogP contribution in [0.3, 0.4) is 0 Å². The number of nitrogens with zero attached hydrogens (tertiary/aromatic N) is 2. The predicted molar refractivity (Wildman–Crippen MR) is 96.8 cm³/mol. The summed E-state index contributed by atoms with van der Waals surface area (Å²) in [7, 11) is 0. The standard InChI is InChI=1S/C19H20FN5O/c20-16-9-5-4-8-14(16)15(13-6-2-1-3-7-13)12-18(26)22-11-10-17-23-19(21)25-24-17/h1-9,15H,10-12H2,(H,22,26)(H3,21,23,24,25). The van der Waals surface area contributed by atoms with Crippen LogP contribution in [0.25, 0.3) is 0 Å². The van der Waals surface area contributed by atoms with Crippen molar-refractivity contribution in [3.8, 4) is 0 Å². The predicted octanol–water partition coefficient (Wildman–Crippen LogP) is 2.41. The second kappa shape index (κ2) is 8.24. The summed E-state index contributed by atoms with van der Waals surface area (Å²) in [4.78, 5) is 16.4. The molecule has 134 valence electrons. The van der Waals surface area contributed by atoms with Crippen molar-refractivity contribution in [1.82, 2.24) is 20.5 Å². The van der Waals surface area contributed by atoms with Crippen molar-refractivity contribution in [2.24, 2.45) is 0 Å². The van der Waals surface area contributed by atoms with Gasteiger partial charge in [0.05, 0.1) is 0 Å². The van der Waals surface area contributed by atoms with E-state index < -0.39 is 0 Å². The lowest BCUT2D eigenvalue weighted by atomic mass is 9.88. The number of hydrogen-bond acceptors (Lipinski definition) is 4. The largest absolute Gasteiger partial charge is 0.367 e. The van der Waals surface area contributed by atoms with E-state index >= 15 is 0 Å². The van der Waals surface area contributed by atoms with Crippen molar-refractivity contribution in [2.45, 2.75) is 18.8 Å². The lowest BCUT2D eigenvalue weighted by molar-refractivity contribution is -0.121. The molecule has 0 aliphatic heterocycles. The fourth-order valence-electron chi connectivity index (χ4n) is 2.85. The molecule has 0 spiro atoms. The summed E-state index contributed by atoms with van der Waals surface area (Å²) in [5, 5.41) is 9.27. The molecule has 1 amide bonds. The maximum atomic E-state index is 14.3. The first kappa shape index (κ1) is 17.6. The van der Waals surface area contributed by atoms with Crippen LogP contribution in [0.15, 0.2) is 54.6 Å². The molecule has 3 rings (SSSR count). The minimum Gasteiger partial charge on any atom is -0.367 e. The van der Waals surface area contributed by atoms with Crippen molar-refractivity contribution < 1.29 is 9.18 Å². The summed E-state index contributed by atoms with van der Waals surface area (Å²) in [6.07, 6.45) is 0.648. The summed E-state index contributed by atoms with van der Waals surface area (Å²) in [6, 6.07) is 16.0. The van der Waals surface area contributed by atoms with Crippen LogP contribution < -0.4 is 11.1 Å². The number of nitrogens with two attached hydrogens (primary N) is 1. The first-order valence-corrected chi connectivity index (χ1v) is 8.36. The monoisotopic (exact) mass is 353 g/mol. The van der Waals surface area contributed by atoms with E-state index in [9.17, 15) is 9.18 Å². The average molecular weight is 353 g/mol. The Labute approximate surface area is 150 Å². The topological polar surface area (TPSA) is 96.7 Å². The van der Waals surface area contributed by atoms with Gasteiger partial charge in [-0.25, -0.2) is 4.39 Å². The van der Waals surface area contributed by atoms with E-state index in [4.69, 9.17) is 5.73 Å². The Balaban J connectivity index is 1.67. The van der Waals surface area contributed by atoms with Crippen LogP contribution >= 0.6 is 0 Å². The zero-order chi connectivity index (χ0) is 18.4. The highest BCUT2D eigenvalue weighted by atomic mass is 19.1. The van der Waals surface area contributed by atoms with Crippen LogP contribution in [-0.4, -0.2) is 27.6 Å². The smallest absolute Gasteiger partial charge is 0.239 e. The first-order valence-electron chi connectivity index (χ1n) is 8.36. The Kier molecular flexibility index (Phi) is 5.58. The van der Waals surface area contributed by atoms with Crippen LogP contribution in [0.4, 0.5) is 10.3 Å². The highest BCUT2D eigenvalue weighted by Gasteiger charge is 2.20. The average Bonchev–Trinajstić information content (AvgIpc) is 3.06. The Morgan fingerprint density at radius 3 is 2.58 bits per heavy atom. The molecular weight excluding hydrogens is 333 g/mol. The lowest BCUT2D eigenvalue weighted by Crippen LogP contribution is -2.27. The van der Waals surface area contributed by atoms with E-state index in [0.717, 1.165) is 5.56 Å². The number of nitrogens with one attached hydrogen (secondary N) is 2. The number of H-pyrrole nitrogens is 1. The molecule has 1 unspecified atom stereocenters. The van der Waals surface area contributed by atoms with Crippen molar-refractivity contribution in [1.29, 1.82) is 0 Å². The van der Waals surface area contributed by atoms with Gasteiger partial charge in [0.2, 0.25) is 11.9 Å². The van der Waals surface area contributed by atoms with Gasteiger partial charge >= 0.3 is 0 Å². The van der Waals surface area contributed by atoms with Crippen molar-refractivity contribution in [2.75, 3.05) is 12.3 Å². The molecule has 0 saturated heterocycles. The number of hydrogen-bond donors (Lipinski definition) is 3. The molecule has 0 aliphatic carbocycles. The van der Waals surface area contributed by atoms with Gasteiger partial charge in [0.25, 0.3) is 0 Å². The normalized spacial score (nSPS) is 11.9. The third kappa shape index (κ3) is 4.44. The molecule has 2 aromatic carbocycles. The van der Waals surface area contributed by atoms with Crippen molar-refractivity contribution in [3.63, 3.8) is 0 Å². The van der Waals surface area contributed by atoms with E-state index in [0.29, 0.717) is 24.4 Å². The Morgan fingerprint density at radius 2 is 1.88 bits per heavy atom. The summed E-state index contributed by atoms with van der Waals surface area (Å²) in [5.41, 5.74) is 6.85. The van der Waals surface area contributed by atoms with E-state index in [1.807, 2.05) is 30.3 Å². The van der Waals surface area contributed by atoms with Gasteiger partial charge in [0.15, 0.2) is 0 Å². The van der Waals surface area contributed by atoms with Crippen molar-refractivity contribution >= 4 is 11.9 Å². The molecule has 7 heteroatoms. The number of aromatic amines is 1. The minimum absolute atomic E-state index is 0.156. The van der Waals surface area contributed by atoms with Crippen LogP contribution in [0, 0.1) is 5.82 Å².